The van der Waals surface area contributed by atoms with Crippen LogP contribution in [0.25, 0.3) is 31.4 Å². The number of hydrogen-bond acceptors (Lipinski definition) is 2. The largest absolute Gasteiger partial charge is 0.256 e. The molecule has 2 aromatic heterocycles. The molecule has 0 fully saturated rings. The molecule has 0 saturated heterocycles. The normalized spacial score (nSPS) is 12.4. The fourth-order valence-corrected chi connectivity index (χ4v) is 6.69. The number of fused-ring (bicyclic) bond motifs is 3. The Morgan fingerprint density at radius 1 is 0.963 bits per heavy atom. The van der Waals surface area contributed by atoms with Gasteiger partial charge in [0.2, 0.25) is 0 Å². The summed E-state index contributed by atoms with van der Waals surface area (Å²) in [6.07, 6.45) is 3.29. The molecule has 3 heteroatoms. The highest BCUT2D eigenvalue weighted by Crippen LogP contribution is 2.39. The van der Waals surface area contributed by atoms with Gasteiger partial charge >= 0.3 is 0 Å². The Hall–Kier alpha value is -1.97. The number of thiophene rings is 1. The average molecular weight is 390 g/mol. The number of pyridine rings is 1. The van der Waals surface area contributed by atoms with Crippen molar-refractivity contribution in [3.63, 3.8) is 0 Å². The van der Waals surface area contributed by atoms with E-state index in [1.165, 1.54) is 36.5 Å². The molecular formula is C24H27NSSi. The van der Waals surface area contributed by atoms with Gasteiger partial charge in [0.15, 0.2) is 0 Å². The summed E-state index contributed by atoms with van der Waals surface area (Å²) < 4.78 is 2.70. The van der Waals surface area contributed by atoms with Crippen LogP contribution in [0.1, 0.15) is 19.4 Å². The van der Waals surface area contributed by atoms with Crippen LogP contribution in [0.3, 0.4) is 0 Å². The summed E-state index contributed by atoms with van der Waals surface area (Å²) in [5.74, 6) is 0.649. The zero-order valence-corrected chi connectivity index (χ0v) is 18.7. The van der Waals surface area contributed by atoms with Crippen molar-refractivity contribution in [1.82, 2.24) is 4.98 Å². The van der Waals surface area contributed by atoms with E-state index < -0.39 is 8.07 Å². The third kappa shape index (κ3) is 3.46. The summed E-state index contributed by atoms with van der Waals surface area (Å²) in [6.45, 7) is 11.9. The van der Waals surface area contributed by atoms with Crippen LogP contribution in [0, 0.1) is 5.92 Å². The zero-order chi connectivity index (χ0) is 19.2. The van der Waals surface area contributed by atoms with E-state index in [9.17, 15) is 0 Å². The molecule has 0 saturated carbocycles. The predicted octanol–water partition coefficient (Wildman–Crippen LogP) is 6.86. The zero-order valence-electron chi connectivity index (χ0n) is 16.8. The molecule has 0 N–H and O–H groups in total. The second-order valence-electron chi connectivity index (χ2n) is 8.86. The molecule has 1 nitrogen and oxygen atoms in total. The summed E-state index contributed by atoms with van der Waals surface area (Å²) in [5, 5.41) is 4.19. The van der Waals surface area contributed by atoms with Crippen molar-refractivity contribution < 1.29 is 0 Å². The second kappa shape index (κ2) is 6.88. The summed E-state index contributed by atoms with van der Waals surface area (Å²) in [6, 6.07) is 17.7. The van der Waals surface area contributed by atoms with Crippen molar-refractivity contribution in [2.75, 3.05) is 0 Å². The lowest BCUT2D eigenvalue weighted by atomic mass is 10.0. The van der Waals surface area contributed by atoms with Crippen molar-refractivity contribution in [3.05, 3.63) is 60.3 Å². The maximum absolute atomic E-state index is 4.95. The first-order valence-corrected chi connectivity index (χ1v) is 14.1. The maximum atomic E-state index is 4.95. The van der Waals surface area contributed by atoms with Crippen molar-refractivity contribution in [1.29, 1.82) is 0 Å². The summed E-state index contributed by atoms with van der Waals surface area (Å²) in [5.41, 5.74) is 3.87. The van der Waals surface area contributed by atoms with E-state index >= 15 is 0 Å². The van der Waals surface area contributed by atoms with Crippen LogP contribution in [0.2, 0.25) is 19.6 Å². The summed E-state index contributed by atoms with van der Waals surface area (Å²) in [4.78, 5) is 4.95. The minimum atomic E-state index is -1.41. The van der Waals surface area contributed by atoms with E-state index in [4.69, 9.17) is 4.98 Å². The Kier molecular flexibility index (Phi) is 4.69. The van der Waals surface area contributed by atoms with E-state index in [-0.39, 0.29) is 0 Å². The van der Waals surface area contributed by atoms with Gasteiger partial charge in [-0.2, -0.15) is 0 Å². The van der Waals surface area contributed by atoms with Gasteiger partial charge < -0.3 is 0 Å². The molecule has 2 aromatic carbocycles. The molecule has 2 heterocycles. The fraction of sp³-hybridized carbons (Fsp3) is 0.292. The highest BCUT2D eigenvalue weighted by molar-refractivity contribution is 7.26. The highest BCUT2D eigenvalue weighted by atomic mass is 32.1. The summed E-state index contributed by atoms with van der Waals surface area (Å²) in [7, 11) is -1.41. The number of aromatic nitrogens is 1. The van der Waals surface area contributed by atoms with Gasteiger partial charge in [-0.25, -0.2) is 0 Å². The highest BCUT2D eigenvalue weighted by Gasteiger charge is 2.22. The van der Waals surface area contributed by atoms with Crippen LogP contribution < -0.4 is 5.19 Å². The Bertz CT molecular complexity index is 1120. The van der Waals surface area contributed by atoms with Crippen molar-refractivity contribution in [2.45, 2.75) is 39.9 Å². The van der Waals surface area contributed by atoms with Gasteiger partial charge in [-0.1, -0.05) is 69.9 Å². The molecule has 0 radical (unpaired) electrons. The third-order valence-corrected chi connectivity index (χ3v) is 8.39. The molecule has 0 spiro atoms. The fourth-order valence-electron chi connectivity index (χ4n) is 3.88. The maximum Gasteiger partial charge on any atom is 0.0799 e. The molecule has 4 rings (SSSR count). The number of nitrogens with zero attached hydrogens (tertiary/aromatic N) is 1. The van der Waals surface area contributed by atoms with Gasteiger partial charge in [-0.15, -0.1) is 11.3 Å². The molecule has 0 aliphatic carbocycles. The van der Waals surface area contributed by atoms with E-state index in [2.05, 4.69) is 88.2 Å². The standard InChI is InChI=1S/C24H27NSSi/c1-16(2)13-17-14-21(25-15-23(17)27(3,4)5)20-11-8-10-19-18-9-6-7-12-22(18)26-24(19)20/h6-12,14-16H,13H2,1-5H3. The Morgan fingerprint density at radius 2 is 1.70 bits per heavy atom. The average Bonchev–Trinajstić information content (AvgIpc) is 2.99. The lowest BCUT2D eigenvalue weighted by Gasteiger charge is -2.22. The molecule has 0 aliphatic heterocycles. The van der Waals surface area contributed by atoms with Crippen LogP contribution in [0.5, 0.6) is 0 Å². The predicted molar refractivity (Wildman–Crippen MR) is 124 cm³/mol. The van der Waals surface area contributed by atoms with Crippen LogP contribution in [0.15, 0.2) is 54.7 Å². The van der Waals surface area contributed by atoms with E-state index in [1.807, 2.05) is 11.3 Å². The second-order valence-corrected chi connectivity index (χ2v) is 14.9. The van der Waals surface area contributed by atoms with Gasteiger partial charge in [0.05, 0.1) is 13.8 Å². The first-order valence-electron chi connectivity index (χ1n) is 9.74. The Balaban J connectivity index is 1.93. The molecule has 0 bridgehead atoms. The minimum Gasteiger partial charge on any atom is -0.256 e. The smallest absolute Gasteiger partial charge is 0.0799 e. The lowest BCUT2D eigenvalue weighted by molar-refractivity contribution is 0.649. The monoisotopic (exact) mass is 389 g/mol. The summed E-state index contributed by atoms with van der Waals surface area (Å²) >= 11 is 1.88. The van der Waals surface area contributed by atoms with Gasteiger partial charge in [0.25, 0.3) is 0 Å². The van der Waals surface area contributed by atoms with Gasteiger partial charge in [0, 0.05) is 31.9 Å². The molecule has 0 amide bonds. The van der Waals surface area contributed by atoms with Crippen LogP contribution in [-0.4, -0.2) is 13.1 Å². The van der Waals surface area contributed by atoms with Gasteiger partial charge in [0.1, 0.15) is 0 Å². The van der Waals surface area contributed by atoms with E-state index in [0.29, 0.717) is 5.92 Å². The molecule has 0 unspecified atom stereocenters. The van der Waals surface area contributed by atoms with E-state index in [1.54, 1.807) is 0 Å². The SMILES string of the molecule is CC(C)Cc1cc(-c2cccc3c2sc2ccccc23)ncc1[Si](C)(C)C. The lowest BCUT2D eigenvalue weighted by Crippen LogP contribution is -2.40. The molecule has 0 atom stereocenters. The molecule has 138 valence electrons. The molecule has 0 aliphatic rings. The van der Waals surface area contributed by atoms with Crippen LogP contribution in [0.4, 0.5) is 0 Å². The van der Waals surface area contributed by atoms with Crippen LogP contribution in [-0.2, 0) is 6.42 Å². The van der Waals surface area contributed by atoms with Crippen molar-refractivity contribution in [3.8, 4) is 11.3 Å². The van der Waals surface area contributed by atoms with Gasteiger partial charge in [-0.05, 0) is 35.2 Å². The number of benzene rings is 2. The minimum absolute atomic E-state index is 0.649. The molecule has 27 heavy (non-hydrogen) atoms. The first-order chi connectivity index (χ1) is 12.8. The third-order valence-electron chi connectivity index (χ3n) is 5.11. The topological polar surface area (TPSA) is 12.9 Å². The number of hydrogen-bond donors (Lipinski definition) is 0. The molecule has 4 aromatic rings. The first kappa shape index (κ1) is 18.4. The number of rotatable bonds is 4. The van der Waals surface area contributed by atoms with Crippen LogP contribution >= 0.6 is 11.3 Å². The van der Waals surface area contributed by atoms with E-state index in [0.717, 1.165) is 12.1 Å². The quantitative estimate of drug-likeness (QED) is 0.347. The van der Waals surface area contributed by atoms with Crippen molar-refractivity contribution in [2.24, 2.45) is 5.92 Å². The van der Waals surface area contributed by atoms with Crippen molar-refractivity contribution >= 4 is 44.8 Å². The Morgan fingerprint density at radius 3 is 2.44 bits per heavy atom. The van der Waals surface area contributed by atoms with Gasteiger partial charge in [-0.3, -0.25) is 4.98 Å². The Labute approximate surface area is 167 Å². The molecular weight excluding hydrogens is 362 g/mol.